The maximum absolute atomic E-state index is 5.85. The summed E-state index contributed by atoms with van der Waals surface area (Å²) in [6.07, 6.45) is 0. The van der Waals surface area contributed by atoms with Crippen molar-refractivity contribution >= 4 is 5.69 Å². The summed E-state index contributed by atoms with van der Waals surface area (Å²) < 4.78 is 5.85. The van der Waals surface area contributed by atoms with Crippen molar-refractivity contribution in [3.05, 3.63) is 59.7 Å². The number of hydrogen-bond donors (Lipinski definition) is 1. The molecule has 1 fully saturated rings. The standard InChI is InChI=1S/C21H25N3O/c1-23-12-14-24(15-13-23)16-17-25-21-10-6-19(7-11-21)3-2-18-4-8-20(22)9-5-18/h4-11H,12-17,22H2,1H3. The molecule has 2 aromatic rings. The SMILES string of the molecule is CN1CCN(CCOc2ccc(C#Cc3ccc(N)cc3)cc2)CC1. The van der Waals surface area contributed by atoms with Crippen molar-refractivity contribution in [3.63, 3.8) is 0 Å². The zero-order valence-corrected chi connectivity index (χ0v) is 14.7. The molecule has 0 saturated carbocycles. The Morgan fingerprint density at radius 2 is 1.44 bits per heavy atom. The Morgan fingerprint density at radius 3 is 2.04 bits per heavy atom. The maximum Gasteiger partial charge on any atom is 0.119 e. The fourth-order valence-electron chi connectivity index (χ4n) is 2.71. The molecule has 25 heavy (non-hydrogen) atoms. The maximum atomic E-state index is 5.85. The molecule has 0 spiro atoms. The lowest BCUT2D eigenvalue weighted by molar-refractivity contribution is 0.134. The first kappa shape index (κ1) is 17.3. The summed E-state index contributed by atoms with van der Waals surface area (Å²) in [6, 6.07) is 15.5. The van der Waals surface area contributed by atoms with Gasteiger partial charge in [0.15, 0.2) is 0 Å². The Hall–Kier alpha value is -2.48. The minimum Gasteiger partial charge on any atom is -0.492 e. The molecule has 1 heterocycles. The summed E-state index contributed by atoms with van der Waals surface area (Å²) >= 11 is 0. The van der Waals surface area contributed by atoms with Gasteiger partial charge in [-0.2, -0.15) is 0 Å². The Balaban J connectivity index is 1.46. The molecule has 2 N–H and O–H groups in total. The van der Waals surface area contributed by atoms with Crippen molar-refractivity contribution in [2.45, 2.75) is 0 Å². The van der Waals surface area contributed by atoms with Gasteiger partial charge < -0.3 is 15.4 Å². The van der Waals surface area contributed by atoms with Gasteiger partial charge in [-0.25, -0.2) is 0 Å². The molecule has 0 aromatic heterocycles. The molecule has 0 amide bonds. The predicted molar refractivity (Wildman–Crippen MR) is 103 cm³/mol. The topological polar surface area (TPSA) is 41.7 Å². The molecule has 1 aliphatic rings. The third-order valence-electron chi connectivity index (χ3n) is 4.39. The third kappa shape index (κ3) is 5.53. The number of rotatable bonds is 4. The molecule has 3 rings (SSSR count). The zero-order valence-electron chi connectivity index (χ0n) is 14.7. The third-order valence-corrected chi connectivity index (χ3v) is 4.39. The predicted octanol–water partition coefficient (Wildman–Crippen LogP) is 2.29. The van der Waals surface area contributed by atoms with E-state index in [0.717, 1.165) is 61.9 Å². The normalized spacial score (nSPS) is 15.4. The van der Waals surface area contributed by atoms with Gasteiger partial charge in [-0.1, -0.05) is 11.8 Å². The quantitative estimate of drug-likeness (QED) is 0.688. The smallest absolute Gasteiger partial charge is 0.119 e. The van der Waals surface area contributed by atoms with Gasteiger partial charge in [0.2, 0.25) is 0 Å². The second kappa shape index (κ2) is 8.57. The summed E-state index contributed by atoms with van der Waals surface area (Å²) in [6.45, 7) is 6.23. The van der Waals surface area contributed by atoms with E-state index >= 15 is 0 Å². The molecule has 0 bridgehead atoms. The number of piperazine rings is 1. The van der Waals surface area contributed by atoms with Crippen LogP contribution in [0, 0.1) is 11.8 Å². The van der Waals surface area contributed by atoms with E-state index in [1.807, 2.05) is 48.5 Å². The molecule has 0 atom stereocenters. The van der Waals surface area contributed by atoms with Gasteiger partial charge in [0.1, 0.15) is 12.4 Å². The molecule has 1 aliphatic heterocycles. The number of benzene rings is 2. The number of likely N-dealkylation sites (N-methyl/N-ethyl adjacent to an activating group) is 1. The summed E-state index contributed by atoms with van der Waals surface area (Å²) in [7, 11) is 2.17. The highest BCUT2D eigenvalue weighted by Gasteiger charge is 2.12. The highest BCUT2D eigenvalue weighted by Crippen LogP contribution is 2.12. The molecule has 0 aliphatic carbocycles. The molecule has 2 aromatic carbocycles. The van der Waals surface area contributed by atoms with Crippen molar-refractivity contribution in [3.8, 4) is 17.6 Å². The Kier molecular flexibility index (Phi) is 5.95. The lowest BCUT2D eigenvalue weighted by Gasteiger charge is -2.32. The van der Waals surface area contributed by atoms with Crippen LogP contribution in [0.3, 0.4) is 0 Å². The van der Waals surface area contributed by atoms with Crippen LogP contribution in [0.25, 0.3) is 0 Å². The molecular weight excluding hydrogens is 310 g/mol. The van der Waals surface area contributed by atoms with E-state index in [1.54, 1.807) is 0 Å². The Morgan fingerprint density at radius 1 is 0.880 bits per heavy atom. The summed E-state index contributed by atoms with van der Waals surface area (Å²) in [5, 5.41) is 0. The molecule has 1 saturated heterocycles. The monoisotopic (exact) mass is 335 g/mol. The van der Waals surface area contributed by atoms with Crippen molar-refractivity contribution in [2.24, 2.45) is 0 Å². The average Bonchev–Trinajstić information content (AvgIpc) is 2.64. The van der Waals surface area contributed by atoms with Crippen LogP contribution in [-0.4, -0.2) is 56.2 Å². The number of nitrogens with zero attached hydrogens (tertiary/aromatic N) is 2. The molecule has 0 radical (unpaired) electrons. The zero-order chi connectivity index (χ0) is 17.5. The number of nitrogens with two attached hydrogens (primary N) is 1. The van der Waals surface area contributed by atoms with E-state index in [2.05, 4.69) is 28.7 Å². The van der Waals surface area contributed by atoms with E-state index in [-0.39, 0.29) is 0 Å². The highest BCUT2D eigenvalue weighted by atomic mass is 16.5. The molecule has 130 valence electrons. The summed E-state index contributed by atoms with van der Waals surface area (Å²) in [4.78, 5) is 4.81. The van der Waals surface area contributed by atoms with E-state index in [0.29, 0.717) is 0 Å². The van der Waals surface area contributed by atoms with Crippen molar-refractivity contribution in [1.29, 1.82) is 0 Å². The second-order valence-corrected chi connectivity index (χ2v) is 6.39. The average molecular weight is 335 g/mol. The molecule has 4 heteroatoms. The van der Waals surface area contributed by atoms with E-state index in [4.69, 9.17) is 10.5 Å². The van der Waals surface area contributed by atoms with Crippen LogP contribution in [0.15, 0.2) is 48.5 Å². The van der Waals surface area contributed by atoms with Crippen LogP contribution in [0.2, 0.25) is 0 Å². The van der Waals surface area contributed by atoms with Crippen LogP contribution >= 0.6 is 0 Å². The van der Waals surface area contributed by atoms with Crippen LogP contribution in [0.5, 0.6) is 5.75 Å². The van der Waals surface area contributed by atoms with Crippen LogP contribution in [0.1, 0.15) is 11.1 Å². The van der Waals surface area contributed by atoms with Gasteiger partial charge in [-0.15, -0.1) is 0 Å². The molecule has 4 nitrogen and oxygen atoms in total. The van der Waals surface area contributed by atoms with Gasteiger partial charge in [-0.05, 0) is 55.6 Å². The molecular formula is C21H25N3O. The minimum absolute atomic E-state index is 0.722. The van der Waals surface area contributed by atoms with Crippen molar-refractivity contribution < 1.29 is 4.74 Å². The lowest BCUT2D eigenvalue weighted by atomic mass is 10.1. The first-order chi connectivity index (χ1) is 12.2. The largest absolute Gasteiger partial charge is 0.492 e. The first-order valence-corrected chi connectivity index (χ1v) is 8.70. The minimum atomic E-state index is 0.722. The van der Waals surface area contributed by atoms with Gasteiger partial charge >= 0.3 is 0 Å². The van der Waals surface area contributed by atoms with Crippen molar-refractivity contribution in [2.75, 3.05) is 52.1 Å². The van der Waals surface area contributed by atoms with Gasteiger partial charge in [0, 0.05) is 49.5 Å². The fraction of sp³-hybridized carbons (Fsp3) is 0.333. The lowest BCUT2D eigenvalue weighted by Crippen LogP contribution is -2.45. The van der Waals surface area contributed by atoms with Gasteiger partial charge in [0.05, 0.1) is 0 Å². The number of nitrogen functional groups attached to an aromatic ring is 1. The number of hydrogen-bond acceptors (Lipinski definition) is 4. The fourth-order valence-corrected chi connectivity index (χ4v) is 2.71. The van der Waals surface area contributed by atoms with Crippen molar-refractivity contribution in [1.82, 2.24) is 9.80 Å². The number of anilines is 1. The van der Waals surface area contributed by atoms with E-state index in [1.165, 1.54) is 0 Å². The number of ether oxygens (including phenoxy) is 1. The van der Waals surface area contributed by atoms with Crippen LogP contribution in [0.4, 0.5) is 5.69 Å². The van der Waals surface area contributed by atoms with Crippen LogP contribution in [-0.2, 0) is 0 Å². The molecule has 0 unspecified atom stereocenters. The van der Waals surface area contributed by atoms with E-state index in [9.17, 15) is 0 Å². The Labute approximate surface area is 150 Å². The van der Waals surface area contributed by atoms with Crippen LogP contribution < -0.4 is 10.5 Å². The summed E-state index contributed by atoms with van der Waals surface area (Å²) in [5.74, 6) is 7.20. The Bertz CT molecular complexity index is 720. The van der Waals surface area contributed by atoms with Gasteiger partial charge in [0.25, 0.3) is 0 Å². The first-order valence-electron chi connectivity index (χ1n) is 8.70. The summed E-state index contributed by atoms with van der Waals surface area (Å²) in [5.41, 5.74) is 8.37. The second-order valence-electron chi connectivity index (χ2n) is 6.39. The van der Waals surface area contributed by atoms with Gasteiger partial charge in [-0.3, -0.25) is 4.90 Å². The van der Waals surface area contributed by atoms with E-state index < -0.39 is 0 Å². The highest BCUT2D eigenvalue weighted by molar-refractivity contribution is 5.48.